The first-order valence-electron chi connectivity index (χ1n) is 15.8. The highest BCUT2D eigenvalue weighted by molar-refractivity contribution is 6.33. The van der Waals surface area contributed by atoms with E-state index in [1.807, 2.05) is 36.4 Å². The highest BCUT2D eigenvalue weighted by Crippen LogP contribution is 2.37. The number of hydrogen-bond acceptors (Lipinski definition) is 12. The summed E-state index contributed by atoms with van der Waals surface area (Å²) in [7, 11) is 0. The molecule has 1 N–H and O–H groups in total. The average molecular weight is 774 g/mol. The molecule has 2 aromatic heterocycles. The molecule has 7 rings (SSSR count). The largest absolute Gasteiger partial charge is 0.506 e. The molecule has 0 saturated heterocycles. The van der Waals surface area contributed by atoms with Crippen molar-refractivity contribution in [2.75, 3.05) is 0 Å². The molecule has 0 amide bonds. The van der Waals surface area contributed by atoms with Crippen LogP contribution in [-0.2, 0) is 6.61 Å². The maximum absolute atomic E-state index is 11.1. The minimum atomic E-state index is -0.605. The number of nitrogens with zero attached hydrogens (tertiary/aromatic N) is 6. The molecule has 0 saturated carbocycles. The number of hydrogen-bond donors (Lipinski definition) is 1. The highest BCUT2D eigenvalue weighted by atomic mass is 35.5. The topological polar surface area (TPSA) is 208 Å². The molecule has 0 fully saturated rings. The zero-order valence-corrected chi connectivity index (χ0v) is 29.4. The van der Waals surface area contributed by atoms with Gasteiger partial charge in [-0.3, -0.25) is 30.2 Å². The van der Waals surface area contributed by atoms with E-state index in [2.05, 4.69) is 16.0 Å². The Morgan fingerprint density at radius 2 is 1.16 bits per heavy atom. The van der Waals surface area contributed by atoms with Crippen LogP contribution >= 0.6 is 23.2 Å². The predicted octanol–water partition coefficient (Wildman–Crippen LogP) is 10.2. The van der Waals surface area contributed by atoms with E-state index < -0.39 is 9.85 Å². The third kappa shape index (κ3) is 8.59. The van der Waals surface area contributed by atoms with E-state index in [4.69, 9.17) is 42.7 Å². The van der Waals surface area contributed by atoms with Gasteiger partial charge in [0.2, 0.25) is 0 Å². The lowest BCUT2D eigenvalue weighted by Crippen LogP contribution is -1.98. The highest BCUT2D eigenvalue weighted by Gasteiger charge is 2.17. The third-order valence-corrected chi connectivity index (χ3v) is 8.42. The smallest absolute Gasteiger partial charge is 0.291 e. The lowest BCUT2D eigenvalue weighted by Gasteiger charge is -2.12. The molecule has 0 aliphatic heterocycles. The van der Waals surface area contributed by atoms with E-state index in [0.29, 0.717) is 51.2 Å². The SMILES string of the molecule is N#Cc1cc2c(Oc3ccc(Cl)c([N+](=O)[O-])c3)ccnc2cc1O.N#Cc1cc2c(Oc3ccc(Cl)c([N+](=O)[O-])c3)ccnc2cc1OCc1ccccc1. The first-order valence-corrected chi connectivity index (χ1v) is 16.5. The van der Waals surface area contributed by atoms with Gasteiger partial charge in [0, 0.05) is 35.3 Å². The number of nitro groups is 2. The van der Waals surface area contributed by atoms with E-state index in [0.717, 1.165) is 5.56 Å². The van der Waals surface area contributed by atoms with Crippen LogP contribution in [0.3, 0.4) is 0 Å². The summed E-state index contributed by atoms with van der Waals surface area (Å²) in [4.78, 5) is 29.3. The molecule has 5 aromatic carbocycles. The second-order valence-electron chi connectivity index (χ2n) is 11.3. The Morgan fingerprint density at radius 3 is 1.67 bits per heavy atom. The summed E-state index contributed by atoms with van der Waals surface area (Å²) in [6.45, 7) is 0.311. The summed E-state index contributed by atoms with van der Waals surface area (Å²) >= 11 is 11.6. The minimum Gasteiger partial charge on any atom is -0.506 e. The lowest BCUT2D eigenvalue weighted by molar-refractivity contribution is -0.384. The number of rotatable bonds is 9. The molecule has 7 aromatic rings. The van der Waals surface area contributed by atoms with Gasteiger partial charge in [-0.1, -0.05) is 53.5 Å². The summed E-state index contributed by atoms with van der Waals surface area (Å²) in [6.07, 6.45) is 3.02. The van der Waals surface area contributed by atoms with Crippen LogP contribution in [-0.4, -0.2) is 24.9 Å². The molecular weight excluding hydrogens is 751 g/mol. The van der Waals surface area contributed by atoms with Crippen molar-refractivity contribution in [1.82, 2.24) is 9.97 Å². The first-order chi connectivity index (χ1) is 26.5. The van der Waals surface area contributed by atoms with Crippen LogP contribution in [0.1, 0.15) is 16.7 Å². The van der Waals surface area contributed by atoms with Crippen LogP contribution in [0.15, 0.2) is 116 Å². The number of fused-ring (bicyclic) bond motifs is 2. The number of nitriles is 2. The van der Waals surface area contributed by atoms with Gasteiger partial charge in [0.05, 0.1) is 44.1 Å². The Balaban J connectivity index is 0.000000193. The molecule has 55 heavy (non-hydrogen) atoms. The molecule has 0 spiro atoms. The maximum Gasteiger partial charge on any atom is 0.291 e. The average Bonchev–Trinajstić information content (AvgIpc) is 3.18. The van der Waals surface area contributed by atoms with E-state index in [9.17, 15) is 30.6 Å². The molecular formula is C39H22Cl2N6O8. The first kappa shape index (κ1) is 37.2. The second-order valence-corrected chi connectivity index (χ2v) is 12.1. The number of phenolic OH excluding ortho intramolecular Hbond substituents is 1. The molecule has 14 nitrogen and oxygen atoms in total. The van der Waals surface area contributed by atoms with Crippen LogP contribution < -0.4 is 14.2 Å². The van der Waals surface area contributed by atoms with Crippen LogP contribution in [0.25, 0.3) is 21.8 Å². The number of ether oxygens (including phenoxy) is 3. The molecule has 0 aliphatic carbocycles. The fourth-order valence-corrected chi connectivity index (χ4v) is 5.53. The Labute approximate surface area is 320 Å². The summed E-state index contributed by atoms with van der Waals surface area (Å²) in [5.41, 5.74) is 1.82. The Morgan fingerprint density at radius 1 is 0.655 bits per heavy atom. The zero-order valence-electron chi connectivity index (χ0n) is 27.9. The van der Waals surface area contributed by atoms with Gasteiger partial charge in [0.25, 0.3) is 11.4 Å². The van der Waals surface area contributed by atoms with Crippen molar-refractivity contribution in [3.63, 3.8) is 0 Å². The van der Waals surface area contributed by atoms with Crippen molar-refractivity contribution in [2.45, 2.75) is 6.61 Å². The number of aromatic nitrogens is 2. The number of phenols is 1. The van der Waals surface area contributed by atoms with Crippen molar-refractivity contribution >= 4 is 56.4 Å². The fourth-order valence-electron chi connectivity index (χ4n) is 5.16. The summed E-state index contributed by atoms with van der Waals surface area (Å²) in [5.74, 6) is 1.42. The van der Waals surface area contributed by atoms with Gasteiger partial charge in [-0.15, -0.1) is 0 Å². The Hall–Kier alpha value is -7.52. The van der Waals surface area contributed by atoms with Crippen molar-refractivity contribution in [3.05, 3.63) is 162 Å². The zero-order chi connectivity index (χ0) is 39.1. The standard InChI is InChI=1S/C23H14ClN3O4.C16H8ClN3O4/c24-19-7-6-17(11-21(19)27(28)29)31-22-8-9-26-20-12-23(16(13-25)10-18(20)22)30-14-15-4-2-1-3-5-15;17-12-2-1-10(6-14(12)20(22)23)24-16-3-4-19-13-7-15(21)9(8-18)5-11(13)16/h1-12H,14H2;1-7,21H. The lowest BCUT2D eigenvalue weighted by atomic mass is 10.1. The van der Waals surface area contributed by atoms with E-state index in [-0.39, 0.29) is 44.2 Å². The molecule has 2 heterocycles. The van der Waals surface area contributed by atoms with E-state index in [1.54, 1.807) is 30.5 Å². The number of pyridine rings is 2. The molecule has 0 bridgehead atoms. The molecule has 0 unspecified atom stereocenters. The van der Waals surface area contributed by atoms with Gasteiger partial charge in [-0.25, -0.2) is 0 Å². The molecule has 270 valence electrons. The minimum absolute atomic E-state index is 0.00336. The monoisotopic (exact) mass is 772 g/mol. The molecule has 0 aliphatic rings. The number of benzene rings is 5. The summed E-state index contributed by atoms with van der Waals surface area (Å²) < 4.78 is 17.4. The van der Waals surface area contributed by atoms with Crippen LogP contribution in [0, 0.1) is 42.9 Å². The molecule has 0 radical (unpaired) electrons. The van der Waals surface area contributed by atoms with E-state index >= 15 is 0 Å². The van der Waals surface area contributed by atoms with Gasteiger partial charge < -0.3 is 19.3 Å². The van der Waals surface area contributed by atoms with Crippen molar-refractivity contribution in [3.8, 4) is 46.6 Å². The van der Waals surface area contributed by atoms with Gasteiger partial charge in [0.1, 0.15) is 63.3 Å². The van der Waals surface area contributed by atoms with Crippen LogP contribution in [0.2, 0.25) is 10.0 Å². The molecule has 0 atom stereocenters. The van der Waals surface area contributed by atoms with Crippen molar-refractivity contribution in [2.24, 2.45) is 0 Å². The quantitative estimate of drug-likeness (QED) is 0.107. The summed E-state index contributed by atoms with van der Waals surface area (Å²) in [5, 5.41) is 51.5. The van der Waals surface area contributed by atoms with Gasteiger partial charge in [0.15, 0.2) is 0 Å². The Bertz CT molecular complexity index is 2700. The Kier molecular flexibility index (Phi) is 11.1. The van der Waals surface area contributed by atoms with Crippen LogP contribution in [0.4, 0.5) is 11.4 Å². The van der Waals surface area contributed by atoms with Gasteiger partial charge >= 0.3 is 0 Å². The number of nitro benzene ring substituents is 2. The maximum atomic E-state index is 11.1. The summed E-state index contributed by atoms with van der Waals surface area (Å²) in [6, 6.07) is 31.1. The van der Waals surface area contributed by atoms with Crippen molar-refractivity contribution in [1.29, 1.82) is 10.5 Å². The fraction of sp³-hybridized carbons (Fsp3) is 0.0256. The number of halogens is 2. The third-order valence-electron chi connectivity index (χ3n) is 7.78. The second kappa shape index (κ2) is 16.4. The molecule has 16 heteroatoms. The van der Waals surface area contributed by atoms with Crippen LogP contribution in [0.5, 0.6) is 34.5 Å². The normalized spacial score (nSPS) is 10.4. The van der Waals surface area contributed by atoms with Crippen molar-refractivity contribution < 1.29 is 29.2 Å². The predicted molar refractivity (Wildman–Crippen MR) is 202 cm³/mol. The number of aromatic hydroxyl groups is 1. The van der Waals surface area contributed by atoms with Gasteiger partial charge in [-0.05, 0) is 54.1 Å². The van der Waals surface area contributed by atoms with E-state index in [1.165, 1.54) is 54.7 Å². The van der Waals surface area contributed by atoms with Gasteiger partial charge in [-0.2, -0.15) is 10.5 Å².